The summed E-state index contributed by atoms with van der Waals surface area (Å²) in [5.74, 6) is 0. The lowest BCUT2D eigenvalue weighted by molar-refractivity contribution is 1.67. The predicted molar refractivity (Wildman–Crippen MR) is 79.6 cm³/mol. The third-order valence-corrected chi connectivity index (χ3v) is 2.69. The molecule has 0 spiro atoms. The van der Waals surface area contributed by atoms with Gasteiger partial charge in [-0.15, -0.1) is 0 Å². The van der Waals surface area contributed by atoms with Gasteiger partial charge in [-0.1, -0.05) is 91.5 Å². The molecule has 0 atom stereocenters. The smallest absolute Gasteiger partial charge is 0.0184 e. The van der Waals surface area contributed by atoms with Gasteiger partial charge in [0.2, 0.25) is 0 Å². The van der Waals surface area contributed by atoms with Gasteiger partial charge in [-0.2, -0.15) is 0 Å². The molecule has 0 heterocycles. The van der Waals surface area contributed by atoms with Gasteiger partial charge in [0, 0.05) is 0 Å². The maximum absolute atomic E-state index is 3.63. The highest BCUT2D eigenvalue weighted by Gasteiger charge is 1.94. The summed E-state index contributed by atoms with van der Waals surface area (Å²) in [5.41, 5.74) is 3.79. The summed E-state index contributed by atoms with van der Waals surface area (Å²) in [4.78, 5) is 0. The lowest BCUT2D eigenvalue weighted by atomic mass is 10.2. The summed E-state index contributed by atoms with van der Waals surface area (Å²) in [5, 5.41) is 0. The fourth-order valence-corrected chi connectivity index (χ4v) is 1.72. The van der Waals surface area contributed by atoms with Gasteiger partial charge >= 0.3 is 0 Å². The monoisotopic (exact) mass is 232 g/mol. The standard InChI is InChI=1S/C10H8.C8H8/c1-2-5-9-7-4-8-10(9)6-3-1;1-2-8-6-4-3-5-7-8/h1-8H;2-7H,1H2. The molecule has 2 aliphatic rings. The molecule has 0 aromatic heterocycles. The molecule has 1 aromatic carbocycles. The van der Waals surface area contributed by atoms with Crippen LogP contribution in [0, 0.1) is 0 Å². The fraction of sp³-hybridized carbons (Fsp3) is 0. The summed E-state index contributed by atoms with van der Waals surface area (Å²) in [6.45, 7) is 3.63. The van der Waals surface area contributed by atoms with Gasteiger partial charge in [0.1, 0.15) is 0 Å². The zero-order valence-corrected chi connectivity index (χ0v) is 10.3. The second-order valence-corrected chi connectivity index (χ2v) is 3.96. The van der Waals surface area contributed by atoms with Crippen molar-refractivity contribution in [2.24, 2.45) is 0 Å². The maximum Gasteiger partial charge on any atom is -0.0184 e. The Balaban J connectivity index is 0.000000138. The molecule has 2 aliphatic carbocycles. The Bertz CT molecular complexity index is 539. The van der Waals surface area contributed by atoms with Crippen LogP contribution in [0.1, 0.15) is 5.56 Å². The Morgan fingerprint density at radius 3 is 1.44 bits per heavy atom. The Morgan fingerprint density at radius 1 is 0.556 bits per heavy atom. The average Bonchev–Trinajstić information content (AvgIpc) is 2.77. The van der Waals surface area contributed by atoms with Crippen molar-refractivity contribution in [1.82, 2.24) is 0 Å². The summed E-state index contributed by atoms with van der Waals surface area (Å²) in [6, 6.07) is 26.7. The van der Waals surface area contributed by atoms with Crippen LogP contribution < -0.4 is 0 Å². The van der Waals surface area contributed by atoms with Crippen LogP contribution in [0.5, 0.6) is 0 Å². The van der Waals surface area contributed by atoms with Gasteiger partial charge in [-0.25, -0.2) is 0 Å². The zero-order valence-electron chi connectivity index (χ0n) is 10.3. The van der Waals surface area contributed by atoms with Crippen LogP contribution in [-0.2, 0) is 0 Å². The molecule has 3 rings (SSSR count). The van der Waals surface area contributed by atoms with E-state index in [4.69, 9.17) is 0 Å². The van der Waals surface area contributed by atoms with Gasteiger partial charge in [-0.3, -0.25) is 0 Å². The van der Waals surface area contributed by atoms with Crippen LogP contribution in [-0.4, -0.2) is 0 Å². The number of benzene rings is 1. The second kappa shape index (κ2) is 6.41. The SMILES string of the molecule is C=Cc1ccccc1.c1ccc2cccc-2cc1. The van der Waals surface area contributed by atoms with Crippen molar-refractivity contribution in [3.05, 3.63) is 91.0 Å². The van der Waals surface area contributed by atoms with Crippen molar-refractivity contribution in [2.75, 3.05) is 0 Å². The van der Waals surface area contributed by atoms with Crippen molar-refractivity contribution >= 4 is 6.08 Å². The van der Waals surface area contributed by atoms with Crippen molar-refractivity contribution in [1.29, 1.82) is 0 Å². The highest BCUT2D eigenvalue weighted by atomic mass is 14.0. The van der Waals surface area contributed by atoms with E-state index in [1.807, 2.05) is 42.5 Å². The number of fused-ring (bicyclic) bond motifs is 1. The van der Waals surface area contributed by atoms with Crippen LogP contribution in [0.2, 0.25) is 0 Å². The first kappa shape index (κ1) is 12.1. The van der Waals surface area contributed by atoms with E-state index in [1.165, 1.54) is 16.7 Å². The molecule has 0 nitrogen and oxygen atoms in total. The van der Waals surface area contributed by atoms with E-state index in [9.17, 15) is 0 Å². The minimum absolute atomic E-state index is 1.17. The normalized spacial score (nSPS) is 9.33. The van der Waals surface area contributed by atoms with Gasteiger partial charge in [-0.05, 0) is 16.7 Å². The Kier molecular flexibility index (Phi) is 4.32. The molecule has 0 saturated heterocycles. The summed E-state index contributed by atoms with van der Waals surface area (Å²) < 4.78 is 0. The van der Waals surface area contributed by atoms with Crippen molar-refractivity contribution in [3.8, 4) is 11.1 Å². The minimum Gasteiger partial charge on any atom is -0.0985 e. The van der Waals surface area contributed by atoms with Crippen molar-refractivity contribution in [2.45, 2.75) is 0 Å². The first-order valence-electron chi connectivity index (χ1n) is 6.01. The van der Waals surface area contributed by atoms with E-state index in [2.05, 4.69) is 49.0 Å². The summed E-state index contributed by atoms with van der Waals surface area (Å²) >= 11 is 0. The molecule has 0 amide bonds. The third-order valence-electron chi connectivity index (χ3n) is 2.69. The topological polar surface area (TPSA) is 0 Å². The predicted octanol–water partition coefficient (Wildman–Crippen LogP) is 5.12. The third kappa shape index (κ3) is 3.33. The van der Waals surface area contributed by atoms with E-state index >= 15 is 0 Å². The number of hydrogen-bond acceptors (Lipinski definition) is 0. The van der Waals surface area contributed by atoms with Gasteiger partial charge in [0.25, 0.3) is 0 Å². The minimum atomic E-state index is 1.17. The van der Waals surface area contributed by atoms with Gasteiger partial charge in [0.15, 0.2) is 0 Å². The van der Waals surface area contributed by atoms with Crippen molar-refractivity contribution in [3.63, 3.8) is 0 Å². The molecule has 0 aliphatic heterocycles. The summed E-state index contributed by atoms with van der Waals surface area (Å²) in [7, 11) is 0. The van der Waals surface area contributed by atoms with Crippen LogP contribution in [0.15, 0.2) is 85.4 Å². The molecule has 0 heteroatoms. The van der Waals surface area contributed by atoms with E-state index in [0.29, 0.717) is 0 Å². The molecule has 0 radical (unpaired) electrons. The lowest BCUT2D eigenvalue weighted by Gasteiger charge is -1.85. The molecule has 0 N–H and O–H groups in total. The van der Waals surface area contributed by atoms with Crippen LogP contribution in [0.4, 0.5) is 0 Å². The fourth-order valence-electron chi connectivity index (χ4n) is 1.72. The highest BCUT2D eigenvalue weighted by molar-refractivity contribution is 5.65. The van der Waals surface area contributed by atoms with Crippen LogP contribution >= 0.6 is 0 Å². The second-order valence-electron chi connectivity index (χ2n) is 3.96. The Morgan fingerprint density at radius 2 is 1.00 bits per heavy atom. The molecule has 0 unspecified atom stereocenters. The van der Waals surface area contributed by atoms with Crippen LogP contribution in [0.3, 0.4) is 0 Å². The van der Waals surface area contributed by atoms with E-state index in [0.717, 1.165) is 0 Å². The van der Waals surface area contributed by atoms with Gasteiger partial charge < -0.3 is 0 Å². The van der Waals surface area contributed by atoms with E-state index < -0.39 is 0 Å². The quantitative estimate of drug-likeness (QED) is 0.546. The molecule has 18 heavy (non-hydrogen) atoms. The van der Waals surface area contributed by atoms with E-state index in [1.54, 1.807) is 0 Å². The first-order valence-corrected chi connectivity index (χ1v) is 6.01. The van der Waals surface area contributed by atoms with E-state index in [-0.39, 0.29) is 0 Å². The molecule has 88 valence electrons. The molecule has 0 fully saturated rings. The molecular weight excluding hydrogens is 216 g/mol. The Hall–Kier alpha value is -2.34. The zero-order chi connectivity index (χ0) is 12.6. The first-order chi connectivity index (χ1) is 8.90. The maximum atomic E-state index is 3.63. The molecule has 1 aromatic rings. The highest BCUT2D eigenvalue weighted by Crippen LogP contribution is 2.19. The molecule has 0 saturated carbocycles. The van der Waals surface area contributed by atoms with Crippen LogP contribution in [0.25, 0.3) is 17.2 Å². The lowest BCUT2D eigenvalue weighted by Crippen LogP contribution is -1.63. The Labute approximate surface area is 109 Å². The molecular formula is C18H16. The number of rotatable bonds is 1. The van der Waals surface area contributed by atoms with Gasteiger partial charge in [0.05, 0.1) is 0 Å². The number of hydrogen-bond donors (Lipinski definition) is 0. The van der Waals surface area contributed by atoms with Crippen molar-refractivity contribution < 1.29 is 0 Å². The summed E-state index contributed by atoms with van der Waals surface area (Å²) in [6.07, 6.45) is 1.83. The molecule has 0 bridgehead atoms. The largest absolute Gasteiger partial charge is 0.0985 e. The average molecular weight is 232 g/mol.